The molecule has 1 atom stereocenters. The van der Waals surface area contributed by atoms with Crippen molar-refractivity contribution < 1.29 is 14.6 Å². The van der Waals surface area contributed by atoms with Gasteiger partial charge < -0.3 is 14.7 Å². The summed E-state index contributed by atoms with van der Waals surface area (Å²) in [6.45, 7) is 0.987. The molecule has 5 nitrogen and oxygen atoms in total. The highest BCUT2D eigenvalue weighted by atomic mass is 16.5. The van der Waals surface area contributed by atoms with E-state index in [2.05, 4.69) is 4.98 Å². The lowest BCUT2D eigenvalue weighted by molar-refractivity contribution is -0.132. The molecule has 1 aromatic heterocycles. The second-order valence-electron chi connectivity index (χ2n) is 4.90. The van der Waals surface area contributed by atoms with Crippen LogP contribution in [0.15, 0.2) is 36.5 Å². The minimum Gasteiger partial charge on any atom is -0.483 e. The lowest BCUT2D eigenvalue weighted by Gasteiger charge is -2.16. The van der Waals surface area contributed by atoms with E-state index in [1.165, 1.54) is 0 Å². The predicted octanol–water partition coefficient (Wildman–Crippen LogP) is 1.21. The van der Waals surface area contributed by atoms with E-state index < -0.39 is 6.10 Å². The number of nitrogens with zero attached hydrogens (tertiary/aromatic N) is 2. The third-order valence-electron chi connectivity index (χ3n) is 3.48. The second-order valence-corrected chi connectivity index (χ2v) is 4.90. The van der Waals surface area contributed by atoms with Gasteiger partial charge in [0.05, 0.1) is 11.6 Å². The highest BCUT2D eigenvalue weighted by molar-refractivity contribution is 5.85. The van der Waals surface area contributed by atoms with Gasteiger partial charge in [-0.25, -0.2) is 0 Å². The van der Waals surface area contributed by atoms with Crippen molar-refractivity contribution in [1.82, 2.24) is 9.88 Å². The van der Waals surface area contributed by atoms with E-state index in [1.807, 2.05) is 24.3 Å². The van der Waals surface area contributed by atoms with Gasteiger partial charge >= 0.3 is 0 Å². The zero-order valence-corrected chi connectivity index (χ0v) is 11.0. The molecule has 3 rings (SSSR count). The smallest absolute Gasteiger partial charge is 0.260 e. The van der Waals surface area contributed by atoms with Crippen LogP contribution in [0.25, 0.3) is 10.9 Å². The number of β-amino-alcohol motifs (C(OH)–C–C–N with tert-alkyl or cyclic N) is 1. The summed E-state index contributed by atoms with van der Waals surface area (Å²) in [5.41, 5.74) is 0.842. The van der Waals surface area contributed by atoms with Gasteiger partial charge in [-0.1, -0.05) is 12.1 Å². The van der Waals surface area contributed by atoms with Gasteiger partial charge in [-0.3, -0.25) is 9.78 Å². The first-order valence-corrected chi connectivity index (χ1v) is 6.66. The number of rotatable bonds is 3. The van der Waals surface area contributed by atoms with Crippen LogP contribution in [-0.2, 0) is 4.79 Å². The molecule has 5 heteroatoms. The second kappa shape index (κ2) is 5.46. The van der Waals surface area contributed by atoms with Crippen LogP contribution in [0, 0.1) is 0 Å². The number of aliphatic hydroxyl groups is 1. The normalized spacial score (nSPS) is 18.4. The molecule has 0 aliphatic carbocycles. The van der Waals surface area contributed by atoms with Crippen LogP contribution < -0.4 is 4.74 Å². The number of aliphatic hydroxyl groups excluding tert-OH is 1. The Labute approximate surface area is 116 Å². The number of ether oxygens (including phenoxy) is 1. The molecule has 1 aromatic carbocycles. The van der Waals surface area contributed by atoms with E-state index in [-0.39, 0.29) is 12.5 Å². The van der Waals surface area contributed by atoms with Crippen LogP contribution in [-0.4, -0.2) is 46.7 Å². The summed E-state index contributed by atoms with van der Waals surface area (Å²) in [5, 5.41) is 10.3. The summed E-state index contributed by atoms with van der Waals surface area (Å²) in [4.78, 5) is 17.9. The fourth-order valence-electron chi connectivity index (χ4n) is 2.39. The van der Waals surface area contributed by atoms with Crippen LogP contribution in [0.1, 0.15) is 6.42 Å². The Bertz CT molecular complexity index is 624. The molecule has 1 amide bonds. The number of para-hydroxylation sites is 1. The zero-order chi connectivity index (χ0) is 13.9. The molecule has 0 radical (unpaired) electrons. The van der Waals surface area contributed by atoms with Crippen molar-refractivity contribution in [2.75, 3.05) is 19.7 Å². The van der Waals surface area contributed by atoms with Crippen molar-refractivity contribution in [2.24, 2.45) is 0 Å². The first-order chi connectivity index (χ1) is 9.74. The average Bonchev–Trinajstić information content (AvgIpc) is 2.91. The minimum atomic E-state index is -0.402. The molecule has 1 fully saturated rings. The molecule has 0 bridgehead atoms. The summed E-state index contributed by atoms with van der Waals surface area (Å²) < 4.78 is 5.62. The maximum absolute atomic E-state index is 12.0. The Morgan fingerprint density at radius 2 is 2.25 bits per heavy atom. The van der Waals surface area contributed by atoms with E-state index in [1.54, 1.807) is 17.2 Å². The van der Waals surface area contributed by atoms with Crippen molar-refractivity contribution in [3.8, 4) is 5.75 Å². The number of hydrogen-bond donors (Lipinski definition) is 1. The standard InChI is InChI=1S/C15H16N2O3/c18-11-6-8-17(9-11)15(19)10-20-14-5-7-16-13-4-2-1-3-12(13)14/h1-5,7,11,18H,6,8-10H2/t11-/m1/s1. The van der Waals surface area contributed by atoms with Gasteiger partial charge in [0.25, 0.3) is 5.91 Å². The Morgan fingerprint density at radius 1 is 1.40 bits per heavy atom. The molecule has 104 valence electrons. The van der Waals surface area contributed by atoms with Gasteiger partial charge in [-0.15, -0.1) is 0 Å². The zero-order valence-electron chi connectivity index (χ0n) is 11.0. The Hall–Kier alpha value is -2.14. The number of amides is 1. The lowest BCUT2D eigenvalue weighted by atomic mass is 10.2. The molecule has 2 heterocycles. The number of benzene rings is 1. The fourth-order valence-corrected chi connectivity index (χ4v) is 2.39. The van der Waals surface area contributed by atoms with E-state index in [9.17, 15) is 9.90 Å². The fraction of sp³-hybridized carbons (Fsp3) is 0.333. The molecule has 20 heavy (non-hydrogen) atoms. The number of carbonyl (C=O) groups is 1. The van der Waals surface area contributed by atoms with Crippen molar-refractivity contribution in [3.63, 3.8) is 0 Å². The molecule has 0 saturated carbocycles. The molecule has 1 aliphatic heterocycles. The third kappa shape index (κ3) is 2.58. The van der Waals surface area contributed by atoms with Crippen molar-refractivity contribution in [3.05, 3.63) is 36.5 Å². The number of hydrogen-bond acceptors (Lipinski definition) is 4. The van der Waals surface area contributed by atoms with Gasteiger partial charge in [0.2, 0.25) is 0 Å². The van der Waals surface area contributed by atoms with Gasteiger partial charge in [0.1, 0.15) is 5.75 Å². The van der Waals surface area contributed by atoms with Crippen molar-refractivity contribution in [1.29, 1.82) is 0 Å². The molecule has 2 aromatic rings. The Morgan fingerprint density at radius 3 is 3.05 bits per heavy atom. The quantitative estimate of drug-likeness (QED) is 0.912. The first kappa shape index (κ1) is 12.9. The van der Waals surface area contributed by atoms with Gasteiger partial charge in [-0.2, -0.15) is 0 Å². The first-order valence-electron chi connectivity index (χ1n) is 6.66. The van der Waals surface area contributed by atoms with E-state index >= 15 is 0 Å². The largest absolute Gasteiger partial charge is 0.483 e. The average molecular weight is 272 g/mol. The van der Waals surface area contributed by atoms with Crippen molar-refractivity contribution >= 4 is 16.8 Å². The number of pyridine rings is 1. The van der Waals surface area contributed by atoms with Crippen LogP contribution in [0.3, 0.4) is 0 Å². The molecule has 1 N–H and O–H groups in total. The van der Waals surface area contributed by atoms with E-state index in [0.717, 1.165) is 10.9 Å². The van der Waals surface area contributed by atoms with Gasteiger partial charge in [0, 0.05) is 24.7 Å². The third-order valence-corrected chi connectivity index (χ3v) is 3.48. The SMILES string of the molecule is O=C(COc1ccnc2ccccc12)N1CC[C@@H](O)C1. The van der Waals surface area contributed by atoms with E-state index in [4.69, 9.17) is 4.74 Å². The lowest BCUT2D eigenvalue weighted by Crippen LogP contribution is -2.33. The monoisotopic (exact) mass is 272 g/mol. The molecule has 1 aliphatic rings. The summed E-state index contributed by atoms with van der Waals surface area (Å²) in [6.07, 6.45) is 1.91. The van der Waals surface area contributed by atoms with Crippen LogP contribution in [0.5, 0.6) is 5.75 Å². The minimum absolute atomic E-state index is 0.0132. The molecular formula is C15H16N2O3. The van der Waals surface area contributed by atoms with Crippen LogP contribution in [0.4, 0.5) is 0 Å². The summed E-state index contributed by atoms with van der Waals surface area (Å²) in [7, 11) is 0. The molecule has 0 spiro atoms. The highest BCUT2D eigenvalue weighted by Gasteiger charge is 2.24. The Balaban J connectivity index is 1.69. The number of carbonyl (C=O) groups excluding carboxylic acids is 1. The summed E-state index contributed by atoms with van der Waals surface area (Å²) in [5.74, 6) is 0.561. The maximum Gasteiger partial charge on any atom is 0.260 e. The Kier molecular flexibility index (Phi) is 3.52. The van der Waals surface area contributed by atoms with Crippen LogP contribution in [0.2, 0.25) is 0 Å². The molecule has 0 unspecified atom stereocenters. The van der Waals surface area contributed by atoms with Gasteiger partial charge in [0.15, 0.2) is 6.61 Å². The molecular weight excluding hydrogens is 256 g/mol. The van der Waals surface area contributed by atoms with E-state index in [0.29, 0.717) is 25.3 Å². The number of likely N-dealkylation sites (tertiary alicyclic amines) is 1. The van der Waals surface area contributed by atoms with Crippen molar-refractivity contribution in [2.45, 2.75) is 12.5 Å². The highest BCUT2D eigenvalue weighted by Crippen LogP contribution is 2.23. The van der Waals surface area contributed by atoms with Gasteiger partial charge in [-0.05, 0) is 24.6 Å². The summed E-state index contributed by atoms with van der Waals surface area (Å²) in [6, 6.07) is 9.41. The van der Waals surface area contributed by atoms with Crippen LogP contribution >= 0.6 is 0 Å². The maximum atomic E-state index is 12.0. The number of fused-ring (bicyclic) bond motifs is 1. The predicted molar refractivity (Wildman–Crippen MR) is 74.4 cm³/mol. The topological polar surface area (TPSA) is 62.7 Å². The molecule has 1 saturated heterocycles. The number of aromatic nitrogens is 1. The summed E-state index contributed by atoms with van der Waals surface area (Å²) >= 11 is 0.